The van der Waals surface area contributed by atoms with Crippen LogP contribution in [0.4, 0.5) is 0 Å². The Labute approximate surface area is 145 Å². The van der Waals surface area contributed by atoms with Crippen LogP contribution in [0, 0.1) is 11.3 Å². The summed E-state index contributed by atoms with van der Waals surface area (Å²) in [4.78, 5) is 0.338. The number of sulfone groups is 1. The SMILES string of the molecule is CC1(C)CC[C@@H](O)[C@]2(C)O[C@@H](CS(=O)(=O)c3ccccc3)CC[C@H]12. The minimum Gasteiger partial charge on any atom is -0.390 e. The van der Waals surface area contributed by atoms with Gasteiger partial charge in [-0.15, -0.1) is 0 Å². The molecule has 1 aliphatic carbocycles. The first kappa shape index (κ1) is 17.9. The molecule has 1 saturated carbocycles. The van der Waals surface area contributed by atoms with Crippen LogP contribution in [0.1, 0.15) is 46.5 Å². The number of aliphatic hydroxyl groups excluding tert-OH is 1. The molecule has 1 heterocycles. The monoisotopic (exact) mass is 352 g/mol. The maximum atomic E-state index is 12.6. The molecule has 5 heteroatoms. The summed E-state index contributed by atoms with van der Waals surface area (Å²) in [7, 11) is -3.38. The number of hydrogen-bond donors (Lipinski definition) is 1. The van der Waals surface area contributed by atoms with Crippen molar-refractivity contribution in [1.29, 1.82) is 0 Å². The Balaban J connectivity index is 1.79. The lowest BCUT2D eigenvalue weighted by Gasteiger charge is -2.56. The minimum absolute atomic E-state index is 0.0214. The molecule has 0 spiro atoms. The van der Waals surface area contributed by atoms with Crippen LogP contribution in [-0.2, 0) is 14.6 Å². The lowest BCUT2D eigenvalue weighted by Crippen LogP contribution is -2.61. The molecule has 1 aliphatic heterocycles. The lowest BCUT2D eigenvalue weighted by molar-refractivity contribution is -0.239. The van der Waals surface area contributed by atoms with E-state index >= 15 is 0 Å². The van der Waals surface area contributed by atoms with E-state index in [1.165, 1.54) is 0 Å². The molecule has 4 atom stereocenters. The van der Waals surface area contributed by atoms with E-state index in [2.05, 4.69) is 13.8 Å². The highest BCUT2D eigenvalue weighted by molar-refractivity contribution is 7.91. The number of benzene rings is 1. The molecule has 2 fully saturated rings. The Morgan fingerprint density at radius 2 is 1.79 bits per heavy atom. The van der Waals surface area contributed by atoms with E-state index in [4.69, 9.17) is 4.74 Å². The van der Waals surface area contributed by atoms with Gasteiger partial charge >= 0.3 is 0 Å². The highest BCUT2D eigenvalue weighted by Gasteiger charge is 2.55. The van der Waals surface area contributed by atoms with E-state index in [1.807, 2.05) is 13.0 Å². The third kappa shape index (κ3) is 3.14. The Bertz CT molecular complexity index is 683. The number of fused-ring (bicyclic) bond motifs is 1. The zero-order valence-electron chi connectivity index (χ0n) is 14.7. The molecular formula is C19H28O4S. The second kappa shape index (κ2) is 6.11. The number of aliphatic hydroxyl groups is 1. The second-order valence-corrected chi connectivity index (χ2v) is 10.2. The molecule has 1 N–H and O–H groups in total. The van der Waals surface area contributed by atoms with E-state index in [0.717, 1.165) is 19.3 Å². The molecule has 4 nitrogen and oxygen atoms in total. The minimum atomic E-state index is -3.38. The van der Waals surface area contributed by atoms with E-state index in [0.29, 0.717) is 11.3 Å². The summed E-state index contributed by atoms with van der Waals surface area (Å²) in [6.07, 6.45) is 2.42. The Kier molecular flexibility index (Phi) is 4.56. The van der Waals surface area contributed by atoms with Crippen LogP contribution in [0.25, 0.3) is 0 Å². The summed E-state index contributed by atoms with van der Waals surface area (Å²) in [6, 6.07) is 8.53. The molecule has 0 aromatic heterocycles. The van der Waals surface area contributed by atoms with Gasteiger partial charge in [-0.2, -0.15) is 0 Å². The smallest absolute Gasteiger partial charge is 0.180 e. The van der Waals surface area contributed by atoms with E-state index < -0.39 is 21.5 Å². The Hall–Kier alpha value is -0.910. The van der Waals surface area contributed by atoms with Crippen molar-refractivity contribution in [3.63, 3.8) is 0 Å². The van der Waals surface area contributed by atoms with Crippen molar-refractivity contribution in [2.24, 2.45) is 11.3 Å². The summed E-state index contributed by atoms with van der Waals surface area (Å²) in [5.74, 6) is 0.233. The van der Waals surface area contributed by atoms with Crippen LogP contribution in [0.15, 0.2) is 35.2 Å². The van der Waals surface area contributed by atoms with E-state index in [1.54, 1.807) is 24.3 Å². The quantitative estimate of drug-likeness (QED) is 0.907. The Morgan fingerprint density at radius 3 is 2.46 bits per heavy atom. The zero-order valence-corrected chi connectivity index (χ0v) is 15.6. The summed E-state index contributed by atoms with van der Waals surface area (Å²) in [5, 5.41) is 10.6. The standard InChI is InChI=1S/C19H28O4S/c1-18(2)12-11-17(20)19(3)16(18)10-9-14(23-19)13-24(21,22)15-7-5-4-6-8-15/h4-8,14,16-17,20H,9-13H2,1-3H3/t14-,16-,17-,19-/m1/s1. The third-order valence-corrected chi connectivity index (χ3v) is 7.87. The first-order valence-electron chi connectivity index (χ1n) is 8.79. The fraction of sp³-hybridized carbons (Fsp3) is 0.684. The summed E-state index contributed by atoms with van der Waals surface area (Å²) in [6.45, 7) is 6.42. The van der Waals surface area contributed by atoms with Crippen LogP contribution in [0.3, 0.4) is 0 Å². The molecule has 1 saturated heterocycles. The van der Waals surface area contributed by atoms with Gasteiger partial charge in [0.1, 0.15) is 0 Å². The van der Waals surface area contributed by atoms with Crippen molar-refractivity contribution in [2.45, 2.75) is 69.2 Å². The summed E-state index contributed by atoms with van der Waals surface area (Å²) < 4.78 is 31.5. The van der Waals surface area contributed by atoms with Gasteiger partial charge < -0.3 is 9.84 Å². The molecule has 3 rings (SSSR count). The fourth-order valence-corrected chi connectivity index (χ4v) is 6.16. The van der Waals surface area contributed by atoms with Crippen LogP contribution < -0.4 is 0 Å². The molecule has 0 amide bonds. The van der Waals surface area contributed by atoms with Gasteiger partial charge in [-0.05, 0) is 56.1 Å². The van der Waals surface area contributed by atoms with Gasteiger partial charge in [-0.25, -0.2) is 8.42 Å². The predicted molar refractivity (Wildman–Crippen MR) is 93.5 cm³/mol. The van der Waals surface area contributed by atoms with Crippen molar-refractivity contribution in [3.05, 3.63) is 30.3 Å². The van der Waals surface area contributed by atoms with Crippen molar-refractivity contribution >= 4 is 9.84 Å². The largest absolute Gasteiger partial charge is 0.390 e. The first-order chi connectivity index (χ1) is 11.2. The number of hydrogen-bond acceptors (Lipinski definition) is 4. The molecule has 24 heavy (non-hydrogen) atoms. The maximum absolute atomic E-state index is 12.6. The van der Waals surface area contributed by atoms with Crippen LogP contribution in [-0.4, -0.2) is 37.1 Å². The average Bonchev–Trinajstić information content (AvgIpc) is 2.52. The van der Waals surface area contributed by atoms with Crippen molar-refractivity contribution in [3.8, 4) is 0 Å². The van der Waals surface area contributed by atoms with Gasteiger partial charge in [0, 0.05) is 0 Å². The topological polar surface area (TPSA) is 63.6 Å². The molecule has 2 aliphatic rings. The van der Waals surface area contributed by atoms with Gasteiger partial charge in [-0.1, -0.05) is 32.0 Å². The summed E-state index contributed by atoms with van der Waals surface area (Å²) in [5.41, 5.74) is -0.547. The van der Waals surface area contributed by atoms with Crippen molar-refractivity contribution in [2.75, 3.05) is 5.75 Å². The fourth-order valence-electron chi connectivity index (χ4n) is 4.67. The molecule has 134 valence electrons. The highest BCUT2D eigenvalue weighted by Crippen LogP contribution is 2.53. The second-order valence-electron chi connectivity index (χ2n) is 8.19. The normalized spacial score (nSPS) is 36.1. The molecule has 0 bridgehead atoms. The number of rotatable bonds is 3. The van der Waals surface area contributed by atoms with Crippen LogP contribution >= 0.6 is 0 Å². The maximum Gasteiger partial charge on any atom is 0.180 e. The van der Waals surface area contributed by atoms with Crippen molar-refractivity contribution < 1.29 is 18.3 Å². The molecule has 0 radical (unpaired) electrons. The summed E-state index contributed by atoms with van der Waals surface area (Å²) >= 11 is 0. The molecule has 1 aromatic rings. The molecule has 0 unspecified atom stereocenters. The highest BCUT2D eigenvalue weighted by atomic mass is 32.2. The third-order valence-electron chi connectivity index (χ3n) is 6.06. The van der Waals surface area contributed by atoms with Crippen molar-refractivity contribution in [1.82, 2.24) is 0 Å². The lowest BCUT2D eigenvalue weighted by atomic mass is 9.58. The van der Waals surface area contributed by atoms with E-state index in [9.17, 15) is 13.5 Å². The molecular weight excluding hydrogens is 324 g/mol. The van der Waals surface area contributed by atoms with Crippen LogP contribution in [0.2, 0.25) is 0 Å². The van der Waals surface area contributed by atoms with Crippen LogP contribution in [0.5, 0.6) is 0 Å². The average molecular weight is 352 g/mol. The van der Waals surface area contributed by atoms with E-state index in [-0.39, 0.29) is 23.2 Å². The zero-order chi connectivity index (χ0) is 17.6. The van der Waals surface area contributed by atoms with Gasteiger partial charge in [0.15, 0.2) is 9.84 Å². The first-order valence-corrected chi connectivity index (χ1v) is 10.4. The van der Waals surface area contributed by atoms with Gasteiger partial charge in [0.05, 0.1) is 28.5 Å². The van der Waals surface area contributed by atoms with Gasteiger partial charge in [-0.3, -0.25) is 0 Å². The van der Waals surface area contributed by atoms with Gasteiger partial charge in [0.2, 0.25) is 0 Å². The molecule has 1 aromatic carbocycles. The Morgan fingerprint density at radius 1 is 1.12 bits per heavy atom. The predicted octanol–water partition coefficient (Wildman–Crippen LogP) is 3.20. The van der Waals surface area contributed by atoms with Gasteiger partial charge in [0.25, 0.3) is 0 Å². The number of ether oxygens (including phenoxy) is 1.